The Morgan fingerprint density at radius 1 is 1.20 bits per heavy atom. The lowest BCUT2D eigenvalue weighted by Crippen LogP contribution is -2.03. The van der Waals surface area contributed by atoms with Crippen molar-refractivity contribution in [1.29, 1.82) is 0 Å². The van der Waals surface area contributed by atoms with Crippen LogP contribution >= 0.6 is 39.1 Å². The summed E-state index contributed by atoms with van der Waals surface area (Å²) < 4.78 is 0.888. The molecule has 1 N–H and O–H groups in total. The molecule has 20 heavy (non-hydrogen) atoms. The molecule has 0 unspecified atom stereocenters. The molecule has 0 spiro atoms. The van der Waals surface area contributed by atoms with Gasteiger partial charge in [0, 0.05) is 27.1 Å². The van der Waals surface area contributed by atoms with Gasteiger partial charge in [-0.15, -0.1) is 0 Å². The van der Waals surface area contributed by atoms with Crippen LogP contribution < -0.4 is 5.32 Å². The number of benzene rings is 2. The first kappa shape index (κ1) is 15.1. The number of nitrogens with zero attached hydrogens (tertiary/aromatic N) is 1. The molecule has 4 nitrogen and oxygen atoms in total. The molecule has 0 aliphatic heterocycles. The van der Waals surface area contributed by atoms with Crippen LogP contribution in [-0.4, -0.2) is 4.92 Å². The second-order valence-corrected chi connectivity index (χ2v) is 5.77. The Bertz CT molecular complexity index is 665. The summed E-state index contributed by atoms with van der Waals surface area (Å²) in [5.41, 5.74) is 1.16. The largest absolute Gasteiger partial charge is 0.375 e. The molecule has 0 radical (unpaired) electrons. The third-order valence-corrected chi connectivity index (χ3v) is 3.73. The quantitative estimate of drug-likeness (QED) is 0.584. The second kappa shape index (κ2) is 6.43. The number of nitrogens with one attached hydrogen (secondary N) is 1. The van der Waals surface area contributed by atoms with Crippen LogP contribution in [0.3, 0.4) is 0 Å². The molecule has 0 heterocycles. The van der Waals surface area contributed by atoms with Gasteiger partial charge in [-0.25, -0.2) is 0 Å². The van der Waals surface area contributed by atoms with Crippen molar-refractivity contribution in [3.8, 4) is 0 Å². The summed E-state index contributed by atoms with van der Waals surface area (Å²) in [5.74, 6) is 0. The predicted octanol–water partition coefficient (Wildman–Crippen LogP) is 5.28. The van der Waals surface area contributed by atoms with E-state index in [1.54, 1.807) is 6.07 Å². The molecule has 2 rings (SSSR count). The summed E-state index contributed by atoms with van der Waals surface area (Å²) >= 11 is 15.3. The molecule has 104 valence electrons. The molecule has 2 aromatic rings. The molecule has 0 amide bonds. The average molecular weight is 376 g/mol. The lowest BCUT2D eigenvalue weighted by atomic mass is 10.2. The van der Waals surface area contributed by atoms with Crippen molar-refractivity contribution in [2.24, 2.45) is 0 Å². The summed E-state index contributed by atoms with van der Waals surface area (Å²) in [6.07, 6.45) is 0. The number of anilines is 1. The highest BCUT2D eigenvalue weighted by Crippen LogP contribution is 2.29. The Morgan fingerprint density at radius 2 is 1.95 bits per heavy atom. The number of hydrogen-bond acceptors (Lipinski definition) is 3. The normalized spacial score (nSPS) is 10.3. The van der Waals surface area contributed by atoms with Gasteiger partial charge in [0.1, 0.15) is 5.69 Å². The third-order valence-electron chi connectivity index (χ3n) is 2.63. The van der Waals surface area contributed by atoms with Crippen LogP contribution in [0.4, 0.5) is 11.4 Å². The Labute approximate surface area is 134 Å². The highest BCUT2D eigenvalue weighted by molar-refractivity contribution is 9.10. The zero-order valence-electron chi connectivity index (χ0n) is 10.1. The van der Waals surface area contributed by atoms with Crippen molar-refractivity contribution in [3.05, 3.63) is 66.6 Å². The molecule has 0 atom stereocenters. The van der Waals surface area contributed by atoms with E-state index < -0.39 is 4.92 Å². The lowest BCUT2D eigenvalue weighted by Gasteiger charge is -2.09. The Hall–Kier alpha value is -1.30. The van der Waals surface area contributed by atoms with E-state index in [1.807, 2.05) is 12.1 Å². The van der Waals surface area contributed by atoms with E-state index in [9.17, 15) is 10.1 Å². The molecular weight excluding hydrogens is 367 g/mol. The first-order chi connectivity index (χ1) is 9.47. The minimum atomic E-state index is -0.457. The summed E-state index contributed by atoms with van der Waals surface area (Å²) in [7, 11) is 0. The van der Waals surface area contributed by atoms with Gasteiger partial charge >= 0.3 is 0 Å². The van der Waals surface area contributed by atoms with E-state index in [2.05, 4.69) is 21.2 Å². The Balaban J connectivity index is 2.24. The monoisotopic (exact) mass is 374 g/mol. The van der Waals surface area contributed by atoms with E-state index >= 15 is 0 Å². The van der Waals surface area contributed by atoms with Crippen LogP contribution in [0.2, 0.25) is 10.0 Å². The van der Waals surface area contributed by atoms with Crippen molar-refractivity contribution < 1.29 is 4.92 Å². The molecular formula is C13H9BrCl2N2O2. The smallest absolute Gasteiger partial charge is 0.292 e. The molecule has 0 aliphatic carbocycles. The maximum Gasteiger partial charge on any atom is 0.292 e. The van der Waals surface area contributed by atoms with Crippen molar-refractivity contribution >= 4 is 50.5 Å². The van der Waals surface area contributed by atoms with Crippen LogP contribution in [0.25, 0.3) is 0 Å². The molecule has 0 saturated carbocycles. The van der Waals surface area contributed by atoms with Gasteiger partial charge in [-0.3, -0.25) is 10.1 Å². The van der Waals surface area contributed by atoms with Gasteiger partial charge in [-0.1, -0.05) is 39.1 Å². The van der Waals surface area contributed by atoms with Crippen molar-refractivity contribution in [2.75, 3.05) is 5.32 Å². The van der Waals surface area contributed by atoms with Crippen LogP contribution in [0, 0.1) is 10.1 Å². The molecule has 0 aromatic heterocycles. The van der Waals surface area contributed by atoms with Gasteiger partial charge < -0.3 is 5.32 Å². The minimum Gasteiger partial charge on any atom is -0.375 e. The SMILES string of the molecule is O=[N+]([O-])c1ccc(Cl)cc1NCc1cc(Br)ccc1Cl. The zero-order valence-corrected chi connectivity index (χ0v) is 13.2. The maximum atomic E-state index is 11.0. The van der Waals surface area contributed by atoms with Gasteiger partial charge in [0.05, 0.1) is 4.92 Å². The molecule has 0 aliphatic rings. The maximum absolute atomic E-state index is 11.0. The van der Waals surface area contributed by atoms with Crippen molar-refractivity contribution in [3.63, 3.8) is 0 Å². The van der Waals surface area contributed by atoms with Crippen molar-refractivity contribution in [1.82, 2.24) is 0 Å². The second-order valence-electron chi connectivity index (χ2n) is 4.01. The topological polar surface area (TPSA) is 55.2 Å². The van der Waals surface area contributed by atoms with Gasteiger partial charge in [0.15, 0.2) is 0 Å². The highest BCUT2D eigenvalue weighted by atomic mass is 79.9. The van der Waals surface area contributed by atoms with Gasteiger partial charge in [0.25, 0.3) is 5.69 Å². The Morgan fingerprint density at radius 3 is 2.65 bits per heavy atom. The molecule has 7 heteroatoms. The van der Waals surface area contributed by atoms with Gasteiger partial charge in [0.2, 0.25) is 0 Å². The predicted molar refractivity (Wildman–Crippen MR) is 84.6 cm³/mol. The lowest BCUT2D eigenvalue weighted by molar-refractivity contribution is -0.384. The number of rotatable bonds is 4. The first-order valence-corrected chi connectivity index (χ1v) is 7.14. The van der Waals surface area contributed by atoms with Crippen LogP contribution in [0.5, 0.6) is 0 Å². The molecule has 0 bridgehead atoms. The van der Waals surface area contributed by atoms with Crippen LogP contribution in [-0.2, 0) is 6.54 Å². The number of halogens is 3. The van der Waals surface area contributed by atoms with Gasteiger partial charge in [-0.2, -0.15) is 0 Å². The molecule has 0 fully saturated rings. The van der Waals surface area contributed by atoms with E-state index in [0.29, 0.717) is 22.3 Å². The molecule has 2 aromatic carbocycles. The van der Waals surface area contributed by atoms with Crippen molar-refractivity contribution in [2.45, 2.75) is 6.54 Å². The highest BCUT2D eigenvalue weighted by Gasteiger charge is 2.14. The summed E-state index contributed by atoms with van der Waals surface area (Å²) in [5, 5.41) is 15.0. The van der Waals surface area contributed by atoms with Gasteiger partial charge in [-0.05, 0) is 35.9 Å². The fourth-order valence-corrected chi connectivity index (χ4v) is 2.44. The summed E-state index contributed by atoms with van der Waals surface area (Å²) in [6, 6.07) is 9.81. The molecule has 0 saturated heterocycles. The standard InChI is InChI=1S/C13H9BrCl2N2O2/c14-9-1-3-11(16)8(5-9)7-17-12-6-10(15)2-4-13(12)18(19)20/h1-6,17H,7H2. The first-order valence-electron chi connectivity index (χ1n) is 5.59. The minimum absolute atomic E-state index is 0.0273. The average Bonchev–Trinajstić information content (AvgIpc) is 2.39. The van der Waals surface area contributed by atoms with E-state index in [1.165, 1.54) is 18.2 Å². The van der Waals surface area contributed by atoms with E-state index in [4.69, 9.17) is 23.2 Å². The Kier molecular flexibility index (Phi) is 4.86. The fraction of sp³-hybridized carbons (Fsp3) is 0.0769. The van der Waals surface area contributed by atoms with E-state index in [-0.39, 0.29) is 5.69 Å². The zero-order chi connectivity index (χ0) is 14.7. The van der Waals surface area contributed by atoms with Crippen LogP contribution in [0.1, 0.15) is 5.56 Å². The summed E-state index contributed by atoms with van der Waals surface area (Å²) in [4.78, 5) is 10.5. The number of nitro groups is 1. The number of nitro benzene ring substituents is 1. The number of hydrogen-bond donors (Lipinski definition) is 1. The van der Waals surface area contributed by atoms with Crippen LogP contribution in [0.15, 0.2) is 40.9 Å². The fourth-order valence-electron chi connectivity index (χ4n) is 1.68. The van der Waals surface area contributed by atoms with E-state index in [0.717, 1.165) is 10.0 Å². The summed E-state index contributed by atoms with van der Waals surface area (Å²) in [6.45, 7) is 0.361. The third kappa shape index (κ3) is 3.62.